The Labute approximate surface area is 171 Å². The Morgan fingerprint density at radius 2 is 1.76 bits per heavy atom. The maximum atomic E-state index is 13.1. The minimum atomic E-state index is -0.182. The van der Waals surface area contributed by atoms with E-state index < -0.39 is 0 Å². The number of hydrogen-bond donors (Lipinski definition) is 0. The van der Waals surface area contributed by atoms with E-state index in [0.717, 1.165) is 69.1 Å². The third kappa shape index (κ3) is 4.70. The summed E-state index contributed by atoms with van der Waals surface area (Å²) in [5.41, 5.74) is 3.21. The number of nitrogens with zero attached hydrogens (tertiary/aromatic N) is 3. The Bertz CT molecular complexity index is 848. The van der Waals surface area contributed by atoms with Crippen molar-refractivity contribution in [2.75, 3.05) is 56.2 Å². The van der Waals surface area contributed by atoms with E-state index >= 15 is 0 Å². The summed E-state index contributed by atoms with van der Waals surface area (Å²) in [6.45, 7) is 5.29. The van der Waals surface area contributed by atoms with Crippen LogP contribution in [0.5, 0.6) is 5.75 Å². The molecule has 2 aromatic carbocycles. The molecule has 29 heavy (non-hydrogen) atoms. The average Bonchev–Trinajstić information content (AvgIpc) is 2.75. The molecule has 1 saturated heterocycles. The van der Waals surface area contributed by atoms with Crippen LogP contribution in [0.15, 0.2) is 42.5 Å². The molecule has 1 fully saturated rings. The van der Waals surface area contributed by atoms with Gasteiger partial charge in [-0.1, -0.05) is 6.07 Å². The first kappa shape index (κ1) is 19.7. The van der Waals surface area contributed by atoms with Crippen molar-refractivity contribution in [2.24, 2.45) is 0 Å². The SMILES string of the molecule is CN1C(=O)COc2cc(CCCCN3CCN(c4ccc(F)cc4)CC3)ccc21. The van der Waals surface area contributed by atoms with E-state index in [0.29, 0.717) is 0 Å². The minimum absolute atomic E-state index is 0.00947. The second-order valence-electron chi connectivity index (χ2n) is 7.81. The first-order valence-corrected chi connectivity index (χ1v) is 10.4. The highest BCUT2D eigenvalue weighted by atomic mass is 19.1. The van der Waals surface area contributed by atoms with Gasteiger partial charge in [-0.25, -0.2) is 4.39 Å². The molecule has 0 radical (unpaired) electrons. The molecule has 6 heteroatoms. The Kier molecular flexibility index (Phi) is 6.00. The molecule has 2 aliphatic rings. The summed E-state index contributed by atoms with van der Waals surface area (Å²) in [6.07, 6.45) is 3.31. The summed E-state index contributed by atoms with van der Waals surface area (Å²) in [5, 5.41) is 0. The van der Waals surface area contributed by atoms with Gasteiger partial charge in [0.05, 0.1) is 5.69 Å². The molecule has 0 bridgehead atoms. The Hall–Kier alpha value is -2.60. The third-order valence-corrected chi connectivity index (χ3v) is 5.86. The Balaban J connectivity index is 1.19. The van der Waals surface area contributed by atoms with Gasteiger partial charge < -0.3 is 14.5 Å². The molecule has 0 unspecified atom stereocenters. The van der Waals surface area contributed by atoms with Crippen molar-refractivity contribution < 1.29 is 13.9 Å². The van der Waals surface area contributed by atoms with Crippen molar-refractivity contribution in [3.63, 3.8) is 0 Å². The lowest BCUT2D eigenvalue weighted by Gasteiger charge is -2.36. The van der Waals surface area contributed by atoms with Crippen molar-refractivity contribution in [1.82, 2.24) is 4.90 Å². The second-order valence-corrected chi connectivity index (χ2v) is 7.81. The maximum Gasteiger partial charge on any atom is 0.264 e. The number of anilines is 2. The molecule has 2 aliphatic heterocycles. The zero-order valence-electron chi connectivity index (χ0n) is 16.9. The van der Waals surface area contributed by atoms with Crippen LogP contribution in [0.1, 0.15) is 18.4 Å². The molecule has 5 nitrogen and oxygen atoms in total. The van der Waals surface area contributed by atoms with Gasteiger partial charge in [-0.05, 0) is 67.8 Å². The van der Waals surface area contributed by atoms with Crippen molar-refractivity contribution in [2.45, 2.75) is 19.3 Å². The molecule has 0 aliphatic carbocycles. The van der Waals surface area contributed by atoms with Gasteiger partial charge in [-0.15, -0.1) is 0 Å². The van der Waals surface area contributed by atoms with Crippen molar-refractivity contribution >= 4 is 17.3 Å². The molecule has 2 heterocycles. The molecule has 0 N–H and O–H groups in total. The van der Waals surface area contributed by atoms with Crippen molar-refractivity contribution in [1.29, 1.82) is 0 Å². The standard InChI is InChI=1S/C23H28FN3O2/c1-25-21-10-5-18(16-22(21)29-17-23(25)28)4-2-3-11-26-12-14-27(15-13-26)20-8-6-19(24)7-9-20/h5-10,16H,2-4,11-15,17H2,1H3. The topological polar surface area (TPSA) is 36.0 Å². The van der Waals surface area contributed by atoms with Crippen LogP contribution in [-0.4, -0.2) is 57.2 Å². The number of aryl methyl sites for hydroxylation is 1. The zero-order chi connectivity index (χ0) is 20.2. The van der Waals surface area contributed by atoms with Gasteiger partial charge in [-0.3, -0.25) is 9.69 Å². The maximum absolute atomic E-state index is 13.1. The van der Waals surface area contributed by atoms with E-state index in [1.165, 1.54) is 17.7 Å². The number of amides is 1. The second kappa shape index (κ2) is 8.82. The third-order valence-electron chi connectivity index (χ3n) is 5.86. The molecule has 0 saturated carbocycles. The summed E-state index contributed by atoms with van der Waals surface area (Å²) in [5.74, 6) is 0.615. The Morgan fingerprint density at radius 3 is 2.52 bits per heavy atom. The smallest absolute Gasteiger partial charge is 0.264 e. The van der Waals surface area contributed by atoms with Crippen LogP contribution in [0.4, 0.5) is 15.8 Å². The van der Waals surface area contributed by atoms with Crippen LogP contribution in [0.25, 0.3) is 0 Å². The largest absolute Gasteiger partial charge is 0.482 e. The van der Waals surface area contributed by atoms with Gasteiger partial charge in [0.25, 0.3) is 5.91 Å². The molecule has 4 rings (SSSR count). The fraction of sp³-hybridized carbons (Fsp3) is 0.435. The summed E-state index contributed by atoms with van der Waals surface area (Å²) in [4.78, 5) is 18.2. The van der Waals surface area contributed by atoms with Crippen molar-refractivity contribution in [3.05, 3.63) is 53.8 Å². The van der Waals surface area contributed by atoms with Crippen LogP contribution < -0.4 is 14.5 Å². The lowest BCUT2D eigenvalue weighted by Crippen LogP contribution is -2.46. The highest BCUT2D eigenvalue weighted by Gasteiger charge is 2.22. The highest BCUT2D eigenvalue weighted by molar-refractivity contribution is 5.97. The molecule has 0 aromatic heterocycles. The predicted octanol–water partition coefficient (Wildman–Crippen LogP) is 3.33. The average molecular weight is 397 g/mol. The van der Waals surface area contributed by atoms with Gasteiger partial charge >= 0.3 is 0 Å². The predicted molar refractivity (Wildman–Crippen MR) is 113 cm³/mol. The van der Waals surface area contributed by atoms with Gasteiger partial charge in [0, 0.05) is 38.9 Å². The fourth-order valence-electron chi connectivity index (χ4n) is 4.02. The highest BCUT2D eigenvalue weighted by Crippen LogP contribution is 2.32. The van der Waals surface area contributed by atoms with E-state index in [1.54, 1.807) is 11.9 Å². The number of fused-ring (bicyclic) bond motifs is 1. The molecular formula is C23H28FN3O2. The lowest BCUT2D eigenvalue weighted by atomic mass is 10.1. The van der Waals surface area contributed by atoms with Crippen LogP contribution in [0.3, 0.4) is 0 Å². The number of ether oxygens (including phenoxy) is 1. The summed E-state index contributed by atoms with van der Waals surface area (Å²) in [6, 6.07) is 12.9. The van der Waals surface area contributed by atoms with E-state index in [-0.39, 0.29) is 18.3 Å². The van der Waals surface area contributed by atoms with Crippen molar-refractivity contribution in [3.8, 4) is 5.75 Å². The fourth-order valence-corrected chi connectivity index (χ4v) is 4.02. The number of halogens is 1. The number of hydrogen-bond acceptors (Lipinski definition) is 4. The molecule has 154 valence electrons. The number of rotatable bonds is 6. The summed E-state index contributed by atoms with van der Waals surface area (Å²) in [7, 11) is 1.79. The lowest BCUT2D eigenvalue weighted by molar-refractivity contribution is -0.120. The van der Waals surface area contributed by atoms with E-state index in [4.69, 9.17) is 4.74 Å². The molecule has 0 atom stereocenters. The van der Waals surface area contributed by atoms with Gasteiger partial charge in [-0.2, -0.15) is 0 Å². The molecule has 2 aromatic rings. The van der Waals surface area contributed by atoms with Crippen LogP contribution >= 0.6 is 0 Å². The van der Waals surface area contributed by atoms with E-state index in [2.05, 4.69) is 21.9 Å². The first-order chi connectivity index (χ1) is 14.1. The quantitative estimate of drug-likeness (QED) is 0.701. The van der Waals surface area contributed by atoms with Crippen LogP contribution in [0, 0.1) is 5.82 Å². The van der Waals surface area contributed by atoms with Crippen LogP contribution in [-0.2, 0) is 11.2 Å². The number of likely N-dealkylation sites (N-methyl/N-ethyl adjacent to an activating group) is 1. The van der Waals surface area contributed by atoms with Gasteiger partial charge in [0.2, 0.25) is 0 Å². The van der Waals surface area contributed by atoms with E-state index in [1.807, 2.05) is 18.2 Å². The number of benzene rings is 2. The minimum Gasteiger partial charge on any atom is -0.482 e. The van der Waals surface area contributed by atoms with Crippen LogP contribution in [0.2, 0.25) is 0 Å². The number of unbranched alkanes of at least 4 members (excludes halogenated alkanes) is 1. The summed E-state index contributed by atoms with van der Waals surface area (Å²) < 4.78 is 18.7. The zero-order valence-corrected chi connectivity index (χ0v) is 16.9. The molecule has 1 amide bonds. The molecule has 0 spiro atoms. The molecular weight excluding hydrogens is 369 g/mol. The van der Waals surface area contributed by atoms with Gasteiger partial charge in [0.15, 0.2) is 6.61 Å². The summed E-state index contributed by atoms with van der Waals surface area (Å²) >= 11 is 0. The normalized spacial score (nSPS) is 17.2. The number of carbonyl (C=O) groups is 1. The Morgan fingerprint density at radius 1 is 1.00 bits per heavy atom. The van der Waals surface area contributed by atoms with E-state index in [9.17, 15) is 9.18 Å². The first-order valence-electron chi connectivity index (χ1n) is 10.4. The number of piperazine rings is 1. The van der Waals surface area contributed by atoms with Gasteiger partial charge in [0.1, 0.15) is 11.6 Å². The number of carbonyl (C=O) groups excluding carboxylic acids is 1. The monoisotopic (exact) mass is 397 g/mol.